The van der Waals surface area contributed by atoms with Gasteiger partial charge in [0.05, 0.1) is 6.61 Å². The van der Waals surface area contributed by atoms with Gasteiger partial charge >= 0.3 is 0 Å². The van der Waals surface area contributed by atoms with Crippen molar-refractivity contribution < 1.29 is 19.0 Å². The first-order valence-electron chi connectivity index (χ1n) is 14.2. The zero-order valence-corrected chi connectivity index (χ0v) is 21.5. The molecule has 2 atom stereocenters. The van der Waals surface area contributed by atoms with Gasteiger partial charge in [-0.3, -0.25) is 0 Å². The Morgan fingerprint density at radius 1 is 0.722 bits per heavy atom. The summed E-state index contributed by atoms with van der Waals surface area (Å²) >= 11 is 0. The Bertz CT molecular complexity index is 1270. The molecule has 2 unspecified atom stereocenters. The molecule has 0 radical (unpaired) electrons. The number of rotatable bonds is 7. The van der Waals surface area contributed by atoms with Crippen molar-refractivity contribution in [3.8, 4) is 22.6 Å². The van der Waals surface area contributed by atoms with Crippen LogP contribution in [0, 0.1) is 0 Å². The van der Waals surface area contributed by atoms with Gasteiger partial charge in [-0.05, 0) is 86.2 Å². The minimum Gasteiger partial charge on any atom is -0.507 e. The van der Waals surface area contributed by atoms with E-state index in [4.69, 9.17) is 4.74 Å². The molecule has 2 saturated carbocycles. The lowest BCUT2D eigenvalue weighted by Crippen LogP contribution is -2.32. The molecule has 1 aromatic carbocycles. The van der Waals surface area contributed by atoms with Crippen LogP contribution >= 0.6 is 0 Å². The van der Waals surface area contributed by atoms with Crippen LogP contribution in [0.1, 0.15) is 104 Å². The van der Waals surface area contributed by atoms with Crippen LogP contribution in [0.4, 0.5) is 0 Å². The highest BCUT2D eigenvalue weighted by Crippen LogP contribution is 2.65. The molecule has 2 aromatic heterocycles. The van der Waals surface area contributed by atoms with Crippen molar-refractivity contribution in [2.45, 2.75) is 88.0 Å². The predicted molar refractivity (Wildman–Crippen MR) is 139 cm³/mol. The fourth-order valence-corrected chi connectivity index (χ4v) is 7.82. The molecule has 0 spiro atoms. The fraction of sp³-hybridized carbons (Fsp3) is 0.500. The standard InChI is InChI=1S/C32H37N2O2/c1-33-15-10-21(11-16-33)22-12-17-34(18-13-22)14-2-3-19-36-32-29-24-6-4-23(5-7-24)27(29)31(35)28-25-8-9-26(20-25)30(28)32/h10-13,15-18,23-26H,2-9,14,19-20H2,1H3/q+1/p+1. The number of aromatic nitrogens is 2. The maximum Gasteiger partial charge on any atom is 0.169 e. The molecule has 0 aliphatic heterocycles. The first-order chi connectivity index (χ1) is 17.7. The third kappa shape index (κ3) is 3.64. The molecule has 4 bridgehead atoms. The average molecular weight is 483 g/mol. The number of fused-ring (bicyclic) bond motifs is 7. The molecule has 2 heterocycles. The summed E-state index contributed by atoms with van der Waals surface area (Å²) in [6.45, 7) is 1.78. The Morgan fingerprint density at radius 2 is 1.25 bits per heavy atom. The maximum absolute atomic E-state index is 11.4. The molecule has 1 N–H and O–H groups in total. The van der Waals surface area contributed by atoms with E-state index in [1.807, 2.05) is 7.05 Å². The lowest BCUT2D eigenvalue weighted by molar-refractivity contribution is -0.697. The largest absolute Gasteiger partial charge is 0.507 e. The molecule has 0 saturated heterocycles. The van der Waals surface area contributed by atoms with Gasteiger partial charge in [0.1, 0.15) is 25.1 Å². The summed E-state index contributed by atoms with van der Waals surface area (Å²) in [5.41, 5.74) is 7.91. The summed E-state index contributed by atoms with van der Waals surface area (Å²) in [7, 11) is 2.05. The van der Waals surface area contributed by atoms with Gasteiger partial charge in [-0.1, -0.05) is 0 Å². The van der Waals surface area contributed by atoms with E-state index in [0.29, 0.717) is 29.4 Å². The highest BCUT2D eigenvalue weighted by atomic mass is 16.5. The van der Waals surface area contributed by atoms with Gasteiger partial charge in [0.15, 0.2) is 24.8 Å². The average Bonchev–Trinajstić information content (AvgIpc) is 3.54. The monoisotopic (exact) mass is 482 g/mol. The SMILES string of the molecule is C[n+]1ccc(-c2cc[n+](CCCCOc3c4c(c(O)c5c3C3CCC5C3)C3CCC4CC3)cc2)cc1. The number of hydrogen-bond acceptors (Lipinski definition) is 2. The zero-order chi connectivity index (χ0) is 24.2. The molecular formula is C32H38N2O2+2. The second-order valence-electron chi connectivity index (χ2n) is 11.7. The Balaban J connectivity index is 1.04. The molecule has 4 nitrogen and oxygen atoms in total. The van der Waals surface area contributed by atoms with Crippen molar-refractivity contribution in [3.63, 3.8) is 0 Å². The van der Waals surface area contributed by atoms with Crippen LogP contribution in [0.5, 0.6) is 11.5 Å². The smallest absolute Gasteiger partial charge is 0.169 e. The molecule has 186 valence electrons. The summed E-state index contributed by atoms with van der Waals surface area (Å²) in [4.78, 5) is 0. The third-order valence-corrected chi connectivity index (χ3v) is 9.63. The summed E-state index contributed by atoms with van der Waals surface area (Å²) in [5.74, 6) is 4.21. The van der Waals surface area contributed by atoms with Gasteiger partial charge in [-0.2, -0.15) is 0 Å². The Hall–Kier alpha value is -2.88. The van der Waals surface area contributed by atoms with Gasteiger partial charge in [0.25, 0.3) is 0 Å². The van der Waals surface area contributed by atoms with Crippen molar-refractivity contribution in [1.82, 2.24) is 0 Å². The lowest BCUT2D eigenvalue weighted by atomic mass is 9.64. The second-order valence-corrected chi connectivity index (χ2v) is 11.7. The second kappa shape index (κ2) is 8.90. The van der Waals surface area contributed by atoms with Gasteiger partial charge in [0, 0.05) is 52.9 Å². The summed E-state index contributed by atoms with van der Waals surface area (Å²) in [5, 5.41) is 11.4. The quantitative estimate of drug-likeness (QED) is 0.324. The first kappa shape index (κ1) is 22.3. The van der Waals surface area contributed by atoms with Crippen molar-refractivity contribution in [2.24, 2.45) is 7.05 Å². The number of hydrogen-bond donors (Lipinski definition) is 1. The number of pyridine rings is 2. The van der Waals surface area contributed by atoms with E-state index in [2.05, 4.69) is 58.2 Å². The minimum absolute atomic E-state index is 0.551. The summed E-state index contributed by atoms with van der Waals surface area (Å²) in [6.07, 6.45) is 19.5. The number of aromatic hydroxyl groups is 1. The number of nitrogens with zero attached hydrogens (tertiary/aromatic N) is 2. The lowest BCUT2D eigenvalue weighted by Gasteiger charge is -2.41. The molecule has 8 rings (SSSR count). The Morgan fingerprint density at radius 3 is 1.94 bits per heavy atom. The summed E-state index contributed by atoms with van der Waals surface area (Å²) in [6, 6.07) is 8.74. The van der Waals surface area contributed by atoms with Crippen molar-refractivity contribution in [1.29, 1.82) is 0 Å². The molecule has 2 fully saturated rings. The zero-order valence-electron chi connectivity index (χ0n) is 21.5. The van der Waals surface area contributed by atoms with Gasteiger partial charge in [0.2, 0.25) is 0 Å². The maximum atomic E-state index is 11.4. The van der Waals surface area contributed by atoms with Crippen LogP contribution in [0.15, 0.2) is 49.1 Å². The predicted octanol–water partition coefficient (Wildman–Crippen LogP) is 6.15. The van der Waals surface area contributed by atoms with E-state index in [1.165, 1.54) is 84.1 Å². The van der Waals surface area contributed by atoms with Crippen LogP contribution in [-0.2, 0) is 13.6 Å². The number of benzene rings is 1. The van der Waals surface area contributed by atoms with E-state index in [0.717, 1.165) is 26.0 Å². The summed E-state index contributed by atoms with van der Waals surface area (Å²) < 4.78 is 11.1. The van der Waals surface area contributed by atoms with E-state index in [9.17, 15) is 5.11 Å². The molecule has 36 heavy (non-hydrogen) atoms. The van der Waals surface area contributed by atoms with Crippen LogP contribution in [-0.4, -0.2) is 11.7 Å². The number of ether oxygens (including phenoxy) is 1. The van der Waals surface area contributed by atoms with Gasteiger partial charge in [-0.15, -0.1) is 0 Å². The highest BCUT2D eigenvalue weighted by molar-refractivity contribution is 5.67. The number of unbranched alkanes of at least 4 members (excludes halogenated alkanes) is 1. The first-order valence-corrected chi connectivity index (χ1v) is 14.2. The van der Waals surface area contributed by atoms with E-state index >= 15 is 0 Å². The molecule has 0 amide bonds. The van der Waals surface area contributed by atoms with Crippen LogP contribution in [0.25, 0.3) is 11.1 Å². The van der Waals surface area contributed by atoms with E-state index in [1.54, 1.807) is 0 Å². The van der Waals surface area contributed by atoms with Crippen LogP contribution in [0.3, 0.4) is 0 Å². The minimum atomic E-state index is 0.551. The number of phenolic OH excluding ortho intramolecular Hbond substituents is 1. The van der Waals surface area contributed by atoms with Gasteiger partial charge in [-0.25, -0.2) is 9.13 Å². The van der Waals surface area contributed by atoms with Crippen molar-refractivity contribution in [3.05, 3.63) is 71.3 Å². The van der Waals surface area contributed by atoms with Crippen molar-refractivity contribution in [2.75, 3.05) is 6.61 Å². The third-order valence-electron chi connectivity index (χ3n) is 9.63. The molecule has 3 aromatic rings. The van der Waals surface area contributed by atoms with Crippen LogP contribution < -0.4 is 13.9 Å². The molecule has 5 aliphatic carbocycles. The Labute approximate surface area is 214 Å². The number of phenols is 1. The van der Waals surface area contributed by atoms with Crippen LogP contribution in [0.2, 0.25) is 0 Å². The molecule has 5 aliphatic rings. The van der Waals surface area contributed by atoms with Gasteiger partial charge < -0.3 is 9.84 Å². The fourth-order valence-electron chi connectivity index (χ4n) is 7.82. The molecule has 4 heteroatoms. The van der Waals surface area contributed by atoms with Crippen molar-refractivity contribution >= 4 is 0 Å². The number of aryl methyl sites for hydroxylation is 2. The topological polar surface area (TPSA) is 37.2 Å². The normalized spacial score (nSPS) is 25.1. The highest BCUT2D eigenvalue weighted by Gasteiger charge is 2.47. The molecular weight excluding hydrogens is 444 g/mol. The van der Waals surface area contributed by atoms with E-state index < -0.39 is 0 Å². The van der Waals surface area contributed by atoms with E-state index in [-0.39, 0.29) is 0 Å². The Kier molecular flexibility index (Phi) is 5.52.